The van der Waals surface area contributed by atoms with Crippen LogP contribution in [0.2, 0.25) is 0 Å². The van der Waals surface area contributed by atoms with Gasteiger partial charge >= 0.3 is 0 Å². The fourth-order valence-electron chi connectivity index (χ4n) is 1.56. The SMILES string of the molecule is CC1(C)[C@H](C(=O)Cl)[C@@H]1C=C(F)F. The van der Waals surface area contributed by atoms with E-state index in [1.807, 2.05) is 0 Å². The Morgan fingerprint density at radius 1 is 1.50 bits per heavy atom. The zero-order chi connectivity index (χ0) is 9.52. The number of allylic oxidation sites excluding steroid dienone is 1. The molecule has 1 fully saturated rings. The number of hydrogen-bond acceptors (Lipinski definition) is 1. The van der Waals surface area contributed by atoms with Gasteiger partial charge in [0.2, 0.25) is 5.24 Å². The van der Waals surface area contributed by atoms with Gasteiger partial charge in [-0.3, -0.25) is 4.79 Å². The van der Waals surface area contributed by atoms with E-state index in [0.29, 0.717) is 0 Å². The van der Waals surface area contributed by atoms with Gasteiger partial charge in [0, 0.05) is 5.92 Å². The average Bonchev–Trinajstić information content (AvgIpc) is 2.32. The highest BCUT2D eigenvalue weighted by Crippen LogP contribution is 2.60. The Labute approximate surface area is 74.4 Å². The van der Waals surface area contributed by atoms with E-state index >= 15 is 0 Å². The quantitative estimate of drug-likeness (QED) is 0.618. The van der Waals surface area contributed by atoms with Crippen molar-refractivity contribution in [2.45, 2.75) is 13.8 Å². The Kier molecular flexibility index (Phi) is 2.25. The predicted octanol–water partition coefficient (Wildman–Crippen LogP) is 2.80. The smallest absolute Gasteiger partial charge is 0.266 e. The molecule has 68 valence electrons. The number of carbonyl (C=O) groups excluding carboxylic acids is 1. The van der Waals surface area contributed by atoms with Crippen LogP contribution in [0.1, 0.15) is 13.8 Å². The van der Waals surface area contributed by atoms with E-state index in [0.717, 1.165) is 6.08 Å². The van der Waals surface area contributed by atoms with Crippen LogP contribution < -0.4 is 0 Å². The van der Waals surface area contributed by atoms with E-state index in [1.165, 1.54) is 0 Å². The molecule has 1 aliphatic rings. The first-order valence-electron chi connectivity index (χ1n) is 3.59. The molecule has 1 nitrogen and oxygen atoms in total. The van der Waals surface area contributed by atoms with Gasteiger partial charge in [0.25, 0.3) is 6.08 Å². The lowest BCUT2D eigenvalue weighted by Crippen LogP contribution is -1.96. The summed E-state index contributed by atoms with van der Waals surface area (Å²) in [6.07, 6.45) is -0.932. The van der Waals surface area contributed by atoms with Crippen molar-refractivity contribution in [1.82, 2.24) is 0 Å². The van der Waals surface area contributed by atoms with E-state index in [4.69, 9.17) is 11.6 Å². The normalized spacial score (nSPS) is 31.1. The Morgan fingerprint density at radius 3 is 2.25 bits per heavy atom. The summed E-state index contributed by atoms with van der Waals surface area (Å²) in [7, 11) is 0. The van der Waals surface area contributed by atoms with Gasteiger partial charge in [-0.05, 0) is 29.0 Å². The minimum absolute atomic E-state index is 0.396. The molecule has 0 unspecified atom stereocenters. The third kappa shape index (κ3) is 1.51. The molecule has 0 aromatic carbocycles. The minimum Gasteiger partial charge on any atom is -0.281 e. The van der Waals surface area contributed by atoms with Crippen molar-refractivity contribution in [2.24, 2.45) is 17.3 Å². The summed E-state index contributed by atoms with van der Waals surface area (Å²) in [6, 6.07) is 0. The highest BCUT2D eigenvalue weighted by Gasteiger charge is 2.60. The van der Waals surface area contributed by atoms with Crippen molar-refractivity contribution in [3.8, 4) is 0 Å². The van der Waals surface area contributed by atoms with E-state index < -0.39 is 28.6 Å². The first-order valence-corrected chi connectivity index (χ1v) is 3.97. The third-order valence-corrected chi connectivity index (χ3v) is 2.70. The first-order chi connectivity index (χ1) is 5.37. The lowest BCUT2D eigenvalue weighted by molar-refractivity contribution is -0.113. The van der Waals surface area contributed by atoms with Gasteiger partial charge in [-0.15, -0.1) is 0 Å². The van der Waals surface area contributed by atoms with Crippen molar-refractivity contribution in [3.63, 3.8) is 0 Å². The molecule has 1 saturated carbocycles. The maximum Gasteiger partial charge on any atom is 0.266 e. The molecule has 0 aromatic rings. The molecule has 0 aliphatic heterocycles. The summed E-state index contributed by atoms with van der Waals surface area (Å²) in [4.78, 5) is 10.7. The van der Waals surface area contributed by atoms with Crippen LogP contribution in [0.5, 0.6) is 0 Å². The molecule has 1 aliphatic carbocycles. The van der Waals surface area contributed by atoms with Crippen LogP contribution in [0, 0.1) is 17.3 Å². The standard InChI is InChI=1S/C8H9ClF2O/c1-8(2)4(3-5(10)11)6(8)7(9)12/h3-4,6H,1-2H3/t4-,6-/m0/s1. The van der Waals surface area contributed by atoms with Crippen LogP contribution in [0.25, 0.3) is 0 Å². The van der Waals surface area contributed by atoms with E-state index in [-0.39, 0.29) is 0 Å². The van der Waals surface area contributed by atoms with Crippen LogP contribution in [0.4, 0.5) is 8.78 Å². The zero-order valence-electron chi connectivity index (χ0n) is 6.77. The number of rotatable bonds is 2. The molecule has 0 aromatic heterocycles. The second-order valence-electron chi connectivity index (χ2n) is 3.59. The topological polar surface area (TPSA) is 17.1 Å². The first kappa shape index (κ1) is 9.65. The lowest BCUT2D eigenvalue weighted by atomic mass is 10.1. The third-order valence-electron chi connectivity index (χ3n) is 2.46. The molecular formula is C8H9ClF2O. The van der Waals surface area contributed by atoms with Gasteiger partial charge in [0.15, 0.2) is 0 Å². The largest absolute Gasteiger partial charge is 0.281 e. The van der Waals surface area contributed by atoms with Gasteiger partial charge in [0.1, 0.15) is 0 Å². The summed E-state index contributed by atoms with van der Waals surface area (Å²) < 4.78 is 23.6. The van der Waals surface area contributed by atoms with Crippen molar-refractivity contribution in [2.75, 3.05) is 0 Å². The molecule has 0 radical (unpaired) electrons. The molecule has 0 saturated heterocycles. The molecule has 12 heavy (non-hydrogen) atoms. The molecule has 0 spiro atoms. The maximum atomic E-state index is 11.8. The minimum atomic E-state index is -1.74. The highest BCUT2D eigenvalue weighted by atomic mass is 35.5. The lowest BCUT2D eigenvalue weighted by Gasteiger charge is -1.95. The summed E-state index contributed by atoms with van der Waals surface area (Å²) in [6.45, 7) is 3.50. The Hall–Kier alpha value is -0.440. The molecule has 0 amide bonds. The molecular weight excluding hydrogens is 186 g/mol. The fraction of sp³-hybridized carbons (Fsp3) is 0.625. The summed E-state index contributed by atoms with van der Waals surface area (Å²) >= 11 is 5.22. The van der Waals surface area contributed by atoms with Crippen molar-refractivity contribution >= 4 is 16.8 Å². The second kappa shape index (κ2) is 2.80. The Morgan fingerprint density at radius 2 is 2.00 bits per heavy atom. The Bertz CT molecular complexity index is 243. The molecule has 0 N–H and O–H groups in total. The molecule has 1 rings (SSSR count). The second-order valence-corrected chi connectivity index (χ2v) is 3.96. The molecule has 0 heterocycles. The monoisotopic (exact) mass is 194 g/mol. The van der Waals surface area contributed by atoms with Crippen molar-refractivity contribution in [1.29, 1.82) is 0 Å². The van der Waals surface area contributed by atoms with Crippen LogP contribution in [-0.4, -0.2) is 5.24 Å². The molecule has 2 atom stereocenters. The van der Waals surface area contributed by atoms with E-state index in [2.05, 4.69) is 0 Å². The molecule has 0 bridgehead atoms. The van der Waals surface area contributed by atoms with Crippen molar-refractivity contribution < 1.29 is 13.6 Å². The summed E-state index contributed by atoms with van der Waals surface area (Å²) in [5, 5.41) is -0.525. The zero-order valence-corrected chi connectivity index (χ0v) is 7.53. The Balaban J connectivity index is 2.73. The predicted molar refractivity (Wildman–Crippen MR) is 41.9 cm³/mol. The van der Waals surface area contributed by atoms with Crippen LogP contribution in [-0.2, 0) is 4.79 Å². The van der Waals surface area contributed by atoms with E-state index in [9.17, 15) is 13.6 Å². The van der Waals surface area contributed by atoms with Gasteiger partial charge in [-0.25, -0.2) is 0 Å². The number of carbonyl (C=O) groups is 1. The number of hydrogen-bond donors (Lipinski definition) is 0. The van der Waals surface area contributed by atoms with Gasteiger partial charge in [-0.2, -0.15) is 8.78 Å². The molecule has 4 heteroatoms. The van der Waals surface area contributed by atoms with Gasteiger partial charge in [0.05, 0.1) is 0 Å². The summed E-state index contributed by atoms with van der Waals surface area (Å²) in [5.41, 5.74) is -0.401. The maximum absolute atomic E-state index is 11.8. The fourth-order valence-corrected chi connectivity index (χ4v) is 1.97. The van der Waals surface area contributed by atoms with Gasteiger partial charge < -0.3 is 0 Å². The average molecular weight is 195 g/mol. The number of halogens is 3. The van der Waals surface area contributed by atoms with E-state index in [1.54, 1.807) is 13.8 Å². The van der Waals surface area contributed by atoms with Crippen LogP contribution in [0.3, 0.4) is 0 Å². The van der Waals surface area contributed by atoms with Crippen LogP contribution in [0.15, 0.2) is 12.2 Å². The van der Waals surface area contributed by atoms with Crippen LogP contribution >= 0.6 is 11.6 Å². The highest BCUT2D eigenvalue weighted by molar-refractivity contribution is 6.64. The van der Waals surface area contributed by atoms with Crippen molar-refractivity contribution in [3.05, 3.63) is 12.2 Å². The van der Waals surface area contributed by atoms with Gasteiger partial charge in [-0.1, -0.05) is 13.8 Å². The summed E-state index contributed by atoms with van der Waals surface area (Å²) in [5.74, 6) is -0.840.